The summed E-state index contributed by atoms with van der Waals surface area (Å²) in [4.78, 5) is 14.7. The van der Waals surface area contributed by atoms with E-state index in [0.29, 0.717) is 13.0 Å². The Morgan fingerprint density at radius 1 is 1.15 bits per heavy atom. The largest absolute Gasteiger partial charge is 0.493 e. The molecule has 1 fully saturated rings. The standard InChI is InChI=1S/C22H28N2O2S/c1-17-6-7-21(18(2)14-17)26-11-8-22(25)23-20-5-3-4-19(15-20)16-24-9-12-27-13-10-24/h3-7,14-15H,8-13,16H2,1-2H3,(H,23,25). The number of aryl methyl sites for hydroxylation is 2. The molecule has 1 amide bonds. The van der Waals surface area contributed by atoms with Gasteiger partial charge in [0.05, 0.1) is 13.0 Å². The van der Waals surface area contributed by atoms with Crippen molar-refractivity contribution in [3.05, 3.63) is 59.2 Å². The van der Waals surface area contributed by atoms with Gasteiger partial charge in [-0.25, -0.2) is 0 Å². The molecule has 0 aliphatic carbocycles. The smallest absolute Gasteiger partial charge is 0.227 e. The van der Waals surface area contributed by atoms with Gasteiger partial charge in [0.25, 0.3) is 0 Å². The maximum Gasteiger partial charge on any atom is 0.227 e. The van der Waals surface area contributed by atoms with Gasteiger partial charge in [0.2, 0.25) is 5.91 Å². The highest BCUT2D eigenvalue weighted by Gasteiger charge is 2.11. The van der Waals surface area contributed by atoms with Crippen LogP contribution in [-0.2, 0) is 11.3 Å². The minimum absolute atomic E-state index is 0.0220. The fourth-order valence-corrected chi connectivity index (χ4v) is 4.18. The zero-order chi connectivity index (χ0) is 19.1. The normalized spacial score (nSPS) is 14.7. The second-order valence-corrected chi connectivity index (χ2v) is 8.23. The Morgan fingerprint density at radius 2 is 1.96 bits per heavy atom. The van der Waals surface area contributed by atoms with Gasteiger partial charge in [-0.3, -0.25) is 9.69 Å². The van der Waals surface area contributed by atoms with Crippen molar-refractivity contribution in [3.8, 4) is 5.75 Å². The molecular formula is C22H28N2O2S. The lowest BCUT2D eigenvalue weighted by Gasteiger charge is -2.26. The summed E-state index contributed by atoms with van der Waals surface area (Å²) in [7, 11) is 0. The van der Waals surface area contributed by atoms with Crippen molar-refractivity contribution < 1.29 is 9.53 Å². The second kappa shape index (κ2) is 9.81. The van der Waals surface area contributed by atoms with Gasteiger partial charge < -0.3 is 10.1 Å². The van der Waals surface area contributed by atoms with Crippen LogP contribution in [0.4, 0.5) is 5.69 Å². The van der Waals surface area contributed by atoms with Gasteiger partial charge in [0.15, 0.2) is 0 Å². The van der Waals surface area contributed by atoms with E-state index < -0.39 is 0 Å². The van der Waals surface area contributed by atoms with Crippen LogP contribution in [0, 0.1) is 13.8 Å². The van der Waals surface area contributed by atoms with Crippen molar-refractivity contribution in [2.24, 2.45) is 0 Å². The molecule has 1 aliphatic heterocycles. The van der Waals surface area contributed by atoms with Crippen LogP contribution in [0.5, 0.6) is 5.75 Å². The minimum atomic E-state index is -0.0220. The third kappa shape index (κ3) is 6.29. The molecule has 2 aromatic rings. The first-order valence-corrected chi connectivity index (χ1v) is 10.6. The molecule has 0 saturated carbocycles. The molecule has 1 saturated heterocycles. The average Bonchev–Trinajstić information content (AvgIpc) is 2.65. The number of nitrogens with zero attached hydrogens (tertiary/aromatic N) is 1. The van der Waals surface area contributed by atoms with Gasteiger partial charge in [0, 0.05) is 36.8 Å². The van der Waals surface area contributed by atoms with Crippen molar-refractivity contribution in [3.63, 3.8) is 0 Å². The van der Waals surface area contributed by atoms with Gasteiger partial charge >= 0.3 is 0 Å². The van der Waals surface area contributed by atoms with E-state index in [2.05, 4.69) is 35.3 Å². The molecule has 0 atom stereocenters. The highest BCUT2D eigenvalue weighted by Crippen LogP contribution is 2.19. The van der Waals surface area contributed by atoms with Gasteiger partial charge in [-0.2, -0.15) is 11.8 Å². The van der Waals surface area contributed by atoms with E-state index in [1.54, 1.807) is 0 Å². The number of carbonyl (C=O) groups is 1. The fraction of sp³-hybridized carbons (Fsp3) is 0.409. The maximum absolute atomic E-state index is 12.2. The summed E-state index contributed by atoms with van der Waals surface area (Å²) in [5, 5.41) is 2.99. The Bertz CT molecular complexity index is 773. The Balaban J connectivity index is 1.46. The van der Waals surface area contributed by atoms with E-state index in [1.165, 1.54) is 22.6 Å². The Hall–Kier alpha value is -1.98. The summed E-state index contributed by atoms with van der Waals surface area (Å²) in [6.45, 7) is 7.67. The summed E-state index contributed by atoms with van der Waals surface area (Å²) in [5.74, 6) is 3.23. The number of rotatable bonds is 7. The van der Waals surface area contributed by atoms with Crippen LogP contribution in [0.15, 0.2) is 42.5 Å². The molecule has 0 spiro atoms. The first-order valence-electron chi connectivity index (χ1n) is 9.49. The van der Waals surface area contributed by atoms with Crippen LogP contribution < -0.4 is 10.1 Å². The molecule has 1 aliphatic rings. The lowest BCUT2D eigenvalue weighted by Crippen LogP contribution is -2.31. The van der Waals surface area contributed by atoms with Crippen LogP contribution in [0.2, 0.25) is 0 Å². The van der Waals surface area contributed by atoms with E-state index in [9.17, 15) is 4.79 Å². The molecule has 2 aromatic carbocycles. The summed E-state index contributed by atoms with van der Waals surface area (Å²) >= 11 is 2.02. The molecule has 1 N–H and O–H groups in total. The monoisotopic (exact) mass is 384 g/mol. The number of carbonyl (C=O) groups excluding carboxylic acids is 1. The van der Waals surface area contributed by atoms with Gasteiger partial charge in [-0.1, -0.05) is 29.8 Å². The van der Waals surface area contributed by atoms with E-state index in [0.717, 1.165) is 36.6 Å². The van der Waals surface area contributed by atoms with E-state index in [1.807, 2.05) is 43.0 Å². The first-order chi connectivity index (χ1) is 13.1. The van der Waals surface area contributed by atoms with Crippen LogP contribution in [-0.4, -0.2) is 42.0 Å². The zero-order valence-electron chi connectivity index (χ0n) is 16.2. The SMILES string of the molecule is Cc1ccc(OCCC(=O)Nc2cccc(CN3CCSCC3)c2)c(C)c1. The number of anilines is 1. The molecule has 0 aromatic heterocycles. The van der Waals surface area contributed by atoms with Crippen molar-refractivity contribution >= 4 is 23.4 Å². The first kappa shape index (κ1) is 19.8. The number of hydrogen-bond acceptors (Lipinski definition) is 4. The van der Waals surface area contributed by atoms with Crippen molar-refractivity contribution in [1.29, 1.82) is 0 Å². The summed E-state index contributed by atoms with van der Waals surface area (Å²) < 4.78 is 5.75. The van der Waals surface area contributed by atoms with Crippen LogP contribution in [0.1, 0.15) is 23.1 Å². The number of hydrogen-bond donors (Lipinski definition) is 1. The van der Waals surface area contributed by atoms with Crippen LogP contribution >= 0.6 is 11.8 Å². The topological polar surface area (TPSA) is 41.6 Å². The molecule has 5 heteroatoms. The zero-order valence-corrected chi connectivity index (χ0v) is 17.0. The van der Waals surface area contributed by atoms with Crippen molar-refractivity contribution in [1.82, 2.24) is 4.90 Å². The number of thioether (sulfide) groups is 1. The molecule has 0 radical (unpaired) electrons. The fourth-order valence-electron chi connectivity index (χ4n) is 3.20. The van der Waals surface area contributed by atoms with Crippen LogP contribution in [0.25, 0.3) is 0 Å². The summed E-state index contributed by atoms with van der Waals surface area (Å²) in [5.41, 5.74) is 4.40. The maximum atomic E-state index is 12.2. The third-order valence-electron chi connectivity index (χ3n) is 4.64. The number of benzene rings is 2. The van der Waals surface area contributed by atoms with Crippen molar-refractivity contribution in [2.75, 3.05) is 36.5 Å². The molecular weight excluding hydrogens is 356 g/mol. The molecule has 144 valence electrons. The predicted molar refractivity (Wildman–Crippen MR) is 114 cm³/mol. The predicted octanol–water partition coefficient (Wildman–Crippen LogP) is 4.26. The molecule has 4 nitrogen and oxygen atoms in total. The van der Waals surface area contributed by atoms with Crippen LogP contribution in [0.3, 0.4) is 0 Å². The minimum Gasteiger partial charge on any atom is -0.493 e. The van der Waals surface area contributed by atoms with E-state index >= 15 is 0 Å². The number of ether oxygens (including phenoxy) is 1. The van der Waals surface area contributed by atoms with E-state index in [4.69, 9.17) is 4.74 Å². The second-order valence-electron chi connectivity index (χ2n) is 7.00. The quantitative estimate of drug-likeness (QED) is 0.774. The lowest BCUT2D eigenvalue weighted by atomic mass is 10.1. The van der Waals surface area contributed by atoms with Gasteiger partial charge in [-0.15, -0.1) is 0 Å². The average molecular weight is 385 g/mol. The van der Waals surface area contributed by atoms with E-state index in [-0.39, 0.29) is 5.91 Å². The molecule has 0 bridgehead atoms. The molecule has 0 unspecified atom stereocenters. The Labute approximate surface area is 166 Å². The summed E-state index contributed by atoms with van der Waals surface area (Å²) in [6, 6.07) is 14.2. The summed E-state index contributed by atoms with van der Waals surface area (Å²) in [6.07, 6.45) is 0.334. The molecule has 1 heterocycles. The van der Waals surface area contributed by atoms with Crippen molar-refractivity contribution in [2.45, 2.75) is 26.8 Å². The molecule has 27 heavy (non-hydrogen) atoms. The molecule has 3 rings (SSSR count). The lowest BCUT2D eigenvalue weighted by molar-refractivity contribution is -0.116. The highest BCUT2D eigenvalue weighted by molar-refractivity contribution is 7.99. The van der Waals surface area contributed by atoms with Gasteiger partial charge in [0.1, 0.15) is 5.75 Å². The third-order valence-corrected chi connectivity index (χ3v) is 5.58. The number of nitrogens with one attached hydrogen (secondary N) is 1. The Morgan fingerprint density at radius 3 is 2.74 bits per heavy atom. The highest BCUT2D eigenvalue weighted by atomic mass is 32.2. The van der Waals surface area contributed by atoms with Gasteiger partial charge in [-0.05, 0) is 43.2 Å². The Kier molecular flexibility index (Phi) is 7.18. The number of amides is 1.